The van der Waals surface area contributed by atoms with Crippen LogP contribution >= 0.6 is 34.3 Å². The second-order valence-electron chi connectivity index (χ2n) is 9.17. The third-order valence-corrected chi connectivity index (χ3v) is 9.55. The number of hydrogen-bond acceptors (Lipinski definition) is 4. The highest BCUT2D eigenvalue weighted by molar-refractivity contribution is 7.43. The average molecular weight is 559 g/mol. The molecule has 0 spiro atoms. The average Bonchev–Trinajstić information content (AvgIpc) is 3.55. The van der Waals surface area contributed by atoms with Gasteiger partial charge in [-0.25, -0.2) is 0 Å². The first-order chi connectivity index (χ1) is 19.3. The van der Waals surface area contributed by atoms with Crippen LogP contribution in [0.2, 0.25) is 5.02 Å². The van der Waals surface area contributed by atoms with Gasteiger partial charge in [0.15, 0.2) is 0 Å². The first kappa shape index (κ1) is 24.0. The van der Waals surface area contributed by atoms with Crippen LogP contribution in [0.15, 0.2) is 140 Å². The number of halogens is 1. The molecule has 7 aromatic rings. The van der Waals surface area contributed by atoms with Crippen LogP contribution in [0.3, 0.4) is 0 Å². The molecule has 2 aromatic heterocycles. The van der Waals surface area contributed by atoms with E-state index in [1.165, 1.54) is 19.5 Å². The molecular formula is C34H23ClN2S2. The van der Waals surface area contributed by atoms with Crippen LogP contribution in [0.4, 0.5) is 33.4 Å². The predicted molar refractivity (Wildman–Crippen MR) is 172 cm³/mol. The van der Waals surface area contributed by atoms with Crippen molar-refractivity contribution in [1.82, 2.24) is 0 Å². The zero-order chi connectivity index (χ0) is 26.2. The quantitative estimate of drug-likeness (QED) is 0.200. The van der Waals surface area contributed by atoms with Crippen molar-refractivity contribution in [2.75, 3.05) is 9.80 Å². The maximum absolute atomic E-state index is 7.39. The van der Waals surface area contributed by atoms with Gasteiger partial charge in [0.25, 0.3) is 0 Å². The first-order valence-electron chi connectivity index (χ1n) is 12.7. The van der Waals surface area contributed by atoms with Gasteiger partial charge in [-0.2, -0.15) is 0 Å². The van der Waals surface area contributed by atoms with Gasteiger partial charge in [0, 0.05) is 32.5 Å². The third kappa shape index (κ3) is 4.37. The number of benzene rings is 5. The second kappa shape index (κ2) is 10.2. The molecule has 0 aliphatic rings. The molecule has 0 amide bonds. The van der Waals surface area contributed by atoms with Gasteiger partial charge in [-0.3, -0.25) is 0 Å². The van der Waals surface area contributed by atoms with E-state index in [0.29, 0.717) is 5.02 Å². The minimum Gasteiger partial charge on any atom is -0.309 e. The highest BCUT2D eigenvalue weighted by atomic mass is 35.5. The Morgan fingerprint density at radius 3 is 1.59 bits per heavy atom. The summed E-state index contributed by atoms with van der Waals surface area (Å²) in [5.74, 6) is 0. The van der Waals surface area contributed by atoms with E-state index in [1.54, 1.807) is 0 Å². The van der Waals surface area contributed by atoms with Crippen LogP contribution in [0.5, 0.6) is 0 Å². The lowest BCUT2D eigenvalue weighted by Gasteiger charge is -2.30. The van der Waals surface area contributed by atoms with Crippen LogP contribution in [-0.2, 0) is 0 Å². The summed E-state index contributed by atoms with van der Waals surface area (Å²) < 4.78 is 2.63. The number of anilines is 6. The molecule has 0 atom stereocenters. The molecule has 0 aliphatic carbocycles. The Bertz CT molecular complexity index is 1840. The monoisotopic (exact) mass is 558 g/mol. The molecule has 0 saturated heterocycles. The Morgan fingerprint density at radius 2 is 0.974 bits per heavy atom. The van der Waals surface area contributed by atoms with Gasteiger partial charge in [-0.15, -0.1) is 22.7 Å². The molecular weight excluding hydrogens is 536 g/mol. The molecule has 0 N–H and O–H groups in total. The maximum Gasteiger partial charge on any atom is 0.102 e. The van der Waals surface area contributed by atoms with E-state index < -0.39 is 0 Å². The number of rotatable bonds is 6. The lowest BCUT2D eigenvalue weighted by atomic mass is 10.1. The molecule has 188 valence electrons. The lowest BCUT2D eigenvalue weighted by molar-refractivity contribution is 1.26. The lowest BCUT2D eigenvalue weighted by Crippen LogP contribution is -2.13. The largest absolute Gasteiger partial charge is 0.309 e. The topological polar surface area (TPSA) is 6.48 Å². The fourth-order valence-corrected chi connectivity index (χ4v) is 7.85. The molecule has 7 rings (SSSR count). The van der Waals surface area contributed by atoms with E-state index in [0.717, 1.165) is 33.4 Å². The Kier molecular flexibility index (Phi) is 6.29. The van der Waals surface area contributed by atoms with Crippen molar-refractivity contribution in [2.45, 2.75) is 0 Å². The molecule has 0 bridgehead atoms. The number of hydrogen-bond donors (Lipinski definition) is 0. The van der Waals surface area contributed by atoms with Gasteiger partial charge < -0.3 is 9.80 Å². The van der Waals surface area contributed by atoms with Gasteiger partial charge in [-0.05, 0) is 60.7 Å². The fourth-order valence-electron chi connectivity index (χ4n) is 5.01. The summed E-state index contributed by atoms with van der Waals surface area (Å²) in [4.78, 5) is 4.50. The Morgan fingerprint density at radius 1 is 0.462 bits per heavy atom. The fraction of sp³-hybridized carbons (Fsp3) is 0. The molecule has 0 aliphatic heterocycles. The molecule has 39 heavy (non-hydrogen) atoms. The van der Waals surface area contributed by atoms with Crippen molar-refractivity contribution in [3.63, 3.8) is 0 Å². The molecule has 0 saturated carbocycles. The third-order valence-electron chi connectivity index (χ3n) is 6.77. The van der Waals surface area contributed by atoms with Crippen LogP contribution in [-0.4, -0.2) is 0 Å². The Balaban J connectivity index is 1.43. The van der Waals surface area contributed by atoms with Crippen molar-refractivity contribution >= 4 is 87.2 Å². The molecule has 2 nitrogen and oxygen atoms in total. The first-order valence-corrected chi connectivity index (χ1v) is 14.7. The minimum absolute atomic E-state index is 0.690. The Labute approximate surface area is 240 Å². The van der Waals surface area contributed by atoms with E-state index in [2.05, 4.69) is 131 Å². The van der Waals surface area contributed by atoms with E-state index in [4.69, 9.17) is 11.6 Å². The summed E-state index contributed by atoms with van der Waals surface area (Å²) in [6.07, 6.45) is 0. The molecule has 5 heteroatoms. The van der Waals surface area contributed by atoms with Gasteiger partial charge in [-0.1, -0.05) is 90.5 Å². The summed E-state index contributed by atoms with van der Waals surface area (Å²) in [5, 5.41) is 4.42. The number of thiophene rings is 2. The Hall–Kier alpha value is -4.09. The van der Waals surface area contributed by atoms with Gasteiger partial charge in [0.05, 0.1) is 20.4 Å². The SMILES string of the molecule is Clc1c(N(c2ccccc2)c2ccccc2)cccc1N(c1ccccc1)c1cc2c(s1)sc1ccccc12. The zero-order valence-corrected chi connectivity index (χ0v) is 23.3. The summed E-state index contributed by atoms with van der Waals surface area (Å²) in [6.45, 7) is 0. The van der Waals surface area contributed by atoms with Gasteiger partial charge in [0.1, 0.15) is 5.00 Å². The summed E-state index contributed by atoms with van der Waals surface area (Å²) >= 11 is 11.0. The molecule has 0 fully saturated rings. The van der Waals surface area contributed by atoms with E-state index in [9.17, 15) is 0 Å². The van der Waals surface area contributed by atoms with Crippen LogP contribution in [0.25, 0.3) is 19.5 Å². The molecule has 2 heterocycles. The minimum atomic E-state index is 0.690. The van der Waals surface area contributed by atoms with E-state index >= 15 is 0 Å². The highest BCUT2D eigenvalue weighted by Crippen LogP contribution is 2.50. The van der Waals surface area contributed by atoms with Crippen molar-refractivity contribution in [1.29, 1.82) is 0 Å². The summed E-state index contributed by atoms with van der Waals surface area (Å²) in [7, 11) is 0. The van der Waals surface area contributed by atoms with Crippen molar-refractivity contribution in [3.05, 3.63) is 145 Å². The second-order valence-corrected chi connectivity index (χ2v) is 11.9. The summed E-state index contributed by atoms with van der Waals surface area (Å²) in [5.41, 5.74) is 5.04. The van der Waals surface area contributed by atoms with Gasteiger partial charge in [0.2, 0.25) is 0 Å². The standard InChI is InChI=1S/C34H23ClN2S2/c35-33-29(36(24-13-4-1-5-14-24)25-15-6-2-7-16-25)20-12-21-30(33)37(26-17-8-3-9-18-26)32-23-28-27-19-10-11-22-31(27)38-34(28)39-32/h1-23H. The van der Waals surface area contributed by atoms with Crippen LogP contribution < -0.4 is 9.80 Å². The van der Waals surface area contributed by atoms with E-state index in [1.807, 2.05) is 40.9 Å². The van der Waals surface area contributed by atoms with Crippen molar-refractivity contribution in [2.24, 2.45) is 0 Å². The summed E-state index contributed by atoms with van der Waals surface area (Å²) in [6, 6.07) is 48.5. The number of nitrogens with zero attached hydrogens (tertiary/aromatic N) is 2. The van der Waals surface area contributed by atoms with Gasteiger partial charge >= 0.3 is 0 Å². The molecule has 0 radical (unpaired) electrons. The molecule has 0 unspecified atom stereocenters. The van der Waals surface area contributed by atoms with Crippen LogP contribution in [0.1, 0.15) is 0 Å². The highest BCUT2D eigenvalue weighted by Gasteiger charge is 2.23. The predicted octanol–water partition coefficient (Wildman–Crippen LogP) is 11.7. The van der Waals surface area contributed by atoms with Crippen molar-refractivity contribution < 1.29 is 0 Å². The zero-order valence-electron chi connectivity index (χ0n) is 20.9. The molecule has 5 aromatic carbocycles. The maximum atomic E-state index is 7.39. The smallest absolute Gasteiger partial charge is 0.102 e. The van der Waals surface area contributed by atoms with Crippen molar-refractivity contribution in [3.8, 4) is 0 Å². The van der Waals surface area contributed by atoms with E-state index in [-0.39, 0.29) is 0 Å². The number of fused-ring (bicyclic) bond motifs is 3. The normalized spacial score (nSPS) is 11.2. The van der Waals surface area contributed by atoms with Crippen LogP contribution in [0, 0.1) is 0 Å². The number of para-hydroxylation sites is 3.